The summed E-state index contributed by atoms with van der Waals surface area (Å²) in [7, 11) is 0. The first-order valence-corrected chi connectivity index (χ1v) is 20.7. The Kier molecular flexibility index (Phi) is 8.05. The molecule has 11 rings (SSSR count). The molecule has 2 aliphatic carbocycles. The maximum atomic E-state index is 9.65. The van der Waals surface area contributed by atoms with Gasteiger partial charge in [0.25, 0.3) is 0 Å². The molecule has 0 spiro atoms. The fourth-order valence-electron chi connectivity index (χ4n) is 10.9. The van der Waals surface area contributed by atoms with Crippen molar-refractivity contribution in [2.24, 2.45) is 17.8 Å². The third kappa shape index (κ3) is 5.78. The molecule has 2 heterocycles. The summed E-state index contributed by atoms with van der Waals surface area (Å²) in [4.78, 5) is 15.6. The van der Waals surface area contributed by atoms with Gasteiger partial charge in [0.15, 0.2) is 17.5 Å². The molecule has 5 nitrogen and oxygen atoms in total. The number of benzene rings is 7. The van der Waals surface area contributed by atoms with Crippen LogP contribution in [0.1, 0.15) is 57.1 Å². The van der Waals surface area contributed by atoms with Crippen LogP contribution in [-0.4, -0.2) is 15.0 Å². The normalized spacial score (nSPS) is 20.5. The smallest absolute Gasteiger partial charge is 0.167 e. The highest BCUT2D eigenvalue weighted by Crippen LogP contribution is 2.54. The topological polar surface area (TPSA) is 75.6 Å². The fraction of sp³-hybridized carbons (Fsp3) is 0.208. The van der Waals surface area contributed by atoms with Crippen molar-refractivity contribution in [1.82, 2.24) is 15.0 Å². The Morgan fingerprint density at radius 2 is 1.22 bits per heavy atom. The molecule has 9 aromatic rings. The van der Waals surface area contributed by atoms with Gasteiger partial charge < -0.3 is 4.42 Å². The fourth-order valence-corrected chi connectivity index (χ4v) is 10.9. The van der Waals surface area contributed by atoms with Crippen molar-refractivity contribution < 1.29 is 4.42 Å². The highest BCUT2D eigenvalue weighted by molar-refractivity contribution is 6.12. The number of nitrogens with zero attached hydrogens (tertiary/aromatic N) is 4. The number of para-hydroxylation sites is 2. The summed E-state index contributed by atoms with van der Waals surface area (Å²) in [6.45, 7) is 4.90. The average molecular weight is 751 g/mol. The molecule has 5 heteroatoms. The number of aromatic nitrogens is 3. The third-order valence-corrected chi connectivity index (χ3v) is 13.1. The van der Waals surface area contributed by atoms with Crippen molar-refractivity contribution in [1.29, 1.82) is 5.26 Å². The first-order valence-electron chi connectivity index (χ1n) is 20.7. The first kappa shape index (κ1) is 34.6. The Bertz CT molecular complexity index is 3100. The second-order valence-electron chi connectivity index (χ2n) is 17.2. The van der Waals surface area contributed by atoms with Crippen LogP contribution in [0, 0.1) is 29.1 Å². The lowest BCUT2D eigenvalue weighted by atomic mass is 9.54. The first-order chi connectivity index (χ1) is 28.4. The standard InChI is InChI=1S/C53H42N4O/c1-32-24-35-25-33(2)29-53(28-32,30-35)40-21-18-37(19-22-40)50-55-51(57-52(56-50)46-14-7-13-45-44-10-3-4-15-48(44)58-49(45)46)39-9-5-8-38(27-39)41-11-6-12-42-43(41)23-20-36-17-16-34(31-54)26-47(36)42/h3-23,26-27,32-33,35H,24-25,28-30H2,1-2H3/t32-,33+,35-,53?. The summed E-state index contributed by atoms with van der Waals surface area (Å²) in [5.41, 5.74) is 8.84. The lowest BCUT2D eigenvalue weighted by Gasteiger charge is -2.50. The molecule has 0 aliphatic heterocycles. The molecule has 2 fully saturated rings. The summed E-state index contributed by atoms with van der Waals surface area (Å²) in [6, 6.07) is 51.0. The molecule has 1 unspecified atom stereocenters. The average Bonchev–Trinajstić information content (AvgIpc) is 3.64. The van der Waals surface area contributed by atoms with Gasteiger partial charge in [0.05, 0.1) is 17.2 Å². The quantitative estimate of drug-likeness (QED) is 0.164. The molecule has 0 amide bonds. The minimum absolute atomic E-state index is 0.247. The zero-order chi connectivity index (χ0) is 39.0. The van der Waals surface area contributed by atoms with Gasteiger partial charge >= 0.3 is 0 Å². The van der Waals surface area contributed by atoms with Crippen LogP contribution < -0.4 is 0 Å². The maximum Gasteiger partial charge on any atom is 0.167 e. The monoisotopic (exact) mass is 750 g/mol. The van der Waals surface area contributed by atoms with Gasteiger partial charge in [-0.25, -0.2) is 15.0 Å². The van der Waals surface area contributed by atoms with E-state index in [9.17, 15) is 5.26 Å². The molecule has 2 aromatic heterocycles. The Hall–Kier alpha value is -6.64. The molecule has 0 N–H and O–H groups in total. The Labute approximate surface area is 338 Å². The van der Waals surface area contributed by atoms with E-state index < -0.39 is 0 Å². The highest BCUT2D eigenvalue weighted by atomic mass is 16.3. The van der Waals surface area contributed by atoms with E-state index in [-0.39, 0.29) is 5.41 Å². The van der Waals surface area contributed by atoms with Crippen LogP contribution in [0.4, 0.5) is 0 Å². The van der Waals surface area contributed by atoms with Crippen LogP contribution in [0.15, 0.2) is 144 Å². The molecule has 280 valence electrons. The van der Waals surface area contributed by atoms with E-state index in [1.807, 2.05) is 36.4 Å². The van der Waals surface area contributed by atoms with Crippen molar-refractivity contribution in [2.45, 2.75) is 51.4 Å². The van der Waals surface area contributed by atoms with Gasteiger partial charge in [0.1, 0.15) is 11.2 Å². The summed E-state index contributed by atoms with van der Waals surface area (Å²) in [5, 5.41) is 16.2. The molecular weight excluding hydrogens is 709 g/mol. The van der Waals surface area contributed by atoms with Gasteiger partial charge in [0, 0.05) is 21.9 Å². The molecule has 4 atom stereocenters. The number of rotatable bonds is 5. The van der Waals surface area contributed by atoms with Gasteiger partial charge in [-0.3, -0.25) is 0 Å². The van der Waals surface area contributed by atoms with E-state index in [4.69, 9.17) is 19.4 Å². The van der Waals surface area contributed by atoms with Crippen molar-refractivity contribution in [3.05, 3.63) is 151 Å². The number of fused-ring (bicyclic) bond motifs is 8. The second kappa shape index (κ2) is 13.5. The number of hydrogen-bond acceptors (Lipinski definition) is 5. The van der Waals surface area contributed by atoms with E-state index in [0.29, 0.717) is 23.0 Å². The van der Waals surface area contributed by atoms with Gasteiger partial charge in [-0.1, -0.05) is 123 Å². The predicted molar refractivity (Wildman–Crippen MR) is 235 cm³/mol. The van der Waals surface area contributed by atoms with Crippen LogP contribution >= 0.6 is 0 Å². The zero-order valence-electron chi connectivity index (χ0n) is 32.7. The summed E-state index contributed by atoms with van der Waals surface area (Å²) >= 11 is 0. The van der Waals surface area contributed by atoms with Gasteiger partial charge in [0.2, 0.25) is 0 Å². The van der Waals surface area contributed by atoms with Crippen LogP contribution in [0.5, 0.6) is 0 Å². The van der Waals surface area contributed by atoms with Crippen molar-refractivity contribution in [2.75, 3.05) is 0 Å². The molecule has 7 aromatic carbocycles. The van der Waals surface area contributed by atoms with Gasteiger partial charge in [-0.2, -0.15) is 5.26 Å². The van der Waals surface area contributed by atoms with Crippen LogP contribution in [0.25, 0.3) is 88.8 Å². The van der Waals surface area contributed by atoms with E-state index in [1.165, 1.54) is 37.7 Å². The zero-order valence-corrected chi connectivity index (χ0v) is 32.7. The van der Waals surface area contributed by atoms with E-state index in [0.717, 1.165) is 89.1 Å². The van der Waals surface area contributed by atoms with E-state index >= 15 is 0 Å². The molecule has 2 bridgehead atoms. The molecule has 0 saturated heterocycles. The summed E-state index contributed by atoms with van der Waals surface area (Å²) in [6.07, 6.45) is 6.55. The lowest BCUT2D eigenvalue weighted by molar-refractivity contribution is 0.0780. The lowest BCUT2D eigenvalue weighted by Crippen LogP contribution is -2.42. The summed E-state index contributed by atoms with van der Waals surface area (Å²) < 4.78 is 6.51. The third-order valence-electron chi connectivity index (χ3n) is 13.1. The minimum atomic E-state index is 0.247. The highest BCUT2D eigenvalue weighted by Gasteiger charge is 2.45. The van der Waals surface area contributed by atoms with Crippen molar-refractivity contribution >= 4 is 43.5 Å². The molecule has 58 heavy (non-hydrogen) atoms. The van der Waals surface area contributed by atoms with Gasteiger partial charge in [-0.05, 0) is 124 Å². The Morgan fingerprint density at radius 3 is 2.03 bits per heavy atom. The van der Waals surface area contributed by atoms with Crippen molar-refractivity contribution in [3.8, 4) is 51.4 Å². The predicted octanol–water partition coefficient (Wildman–Crippen LogP) is 13.7. The van der Waals surface area contributed by atoms with Crippen molar-refractivity contribution in [3.63, 3.8) is 0 Å². The van der Waals surface area contributed by atoms with Crippen LogP contribution in [0.3, 0.4) is 0 Å². The van der Waals surface area contributed by atoms with Crippen LogP contribution in [0.2, 0.25) is 0 Å². The Balaban J connectivity index is 1.06. The molecule has 0 radical (unpaired) electrons. The SMILES string of the molecule is C[C@@H]1C[C@@H]2C[C@H](C)CC(c3ccc(-c4nc(-c5cccc(-c6cccc7c6ccc6ccc(C#N)cc67)c5)nc(-c5cccc6c5oc5ccccc56)n4)cc3)(C1)C2. The number of nitriles is 1. The number of furan rings is 1. The molecule has 2 saturated carbocycles. The van der Waals surface area contributed by atoms with Gasteiger partial charge in [-0.15, -0.1) is 0 Å². The van der Waals surface area contributed by atoms with E-state index in [1.54, 1.807) is 0 Å². The molecular formula is C53H42N4O. The Morgan fingerprint density at radius 1 is 0.552 bits per heavy atom. The van der Waals surface area contributed by atoms with E-state index in [2.05, 4.69) is 123 Å². The largest absolute Gasteiger partial charge is 0.455 e. The van der Waals surface area contributed by atoms with Crippen LogP contribution in [-0.2, 0) is 5.41 Å². The number of hydrogen-bond donors (Lipinski definition) is 0. The maximum absolute atomic E-state index is 9.65. The second-order valence-corrected chi connectivity index (χ2v) is 17.2. The summed E-state index contributed by atoms with van der Waals surface area (Å²) in [5.74, 6) is 4.14. The minimum Gasteiger partial charge on any atom is -0.455 e. The molecule has 2 aliphatic rings.